The Hall–Kier alpha value is -0.440. The van der Waals surface area contributed by atoms with Crippen LogP contribution in [0.5, 0.6) is 0 Å². The van der Waals surface area contributed by atoms with Crippen LogP contribution in [0.2, 0.25) is 0 Å². The molecule has 56 valence electrons. The lowest BCUT2D eigenvalue weighted by atomic mass is 10.2. The van der Waals surface area contributed by atoms with Gasteiger partial charge < -0.3 is 5.11 Å². The number of rotatable bonds is 2. The van der Waals surface area contributed by atoms with Gasteiger partial charge in [-0.1, -0.05) is 6.08 Å². The maximum Gasteiger partial charge on any atom is 0.328 e. The Morgan fingerprint density at radius 1 is 1.70 bits per heavy atom. The van der Waals surface area contributed by atoms with Crippen molar-refractivity contribution >= 4 is 17.7 Å². The monoisotopic (exact) mass is 158 g/mol. The number of hydrogen-bond acceptors (Lipinski definition) is 2. The molecule has 1 fully saturated rings. The Labute approximate surface area is 64.3 Å². The fraction of sp³-hybridized carbons (Fsp3) is 0.571. The first-order valence-corrected chi connectivity index (χ1v) is 4.36. The molecule has 0 aromatic rings. The van der Waals surface area contributed by atoms with E-state index in [2.05, 4.69) is 0 Å². The third-order valence-corrected chi connectivity index (χ3v) is 2.76. The van der Waals surface area contributed by atoms with Crippen molar-refractivity contribution in [1.82, 2.24) is 0 Å². The second kappa shape index (κ2) is 3.66. The second-order valence-electron chi connectivity index (χ2n) is 2.25. The van der Waals surface area contributed by atoms with Crippen molar-refractivity contribution in [1.29, 1.82) is 0 Å². The summed E-state index contributed by atoms with van der Waals surface area (Å²) in [6.07, 6.45) is 5.37. The highest BCUT2D eigenvalue weighted by atomic mass is 32.2. The molecule has 0 spiro atoms. The molecule has 3 heteroatoms. The number of aliphatic carboxylic acids is 1. The van der Waals surface area contributed by atoms with E-state index in [-0.39, 0.29) is 0 Å². The molecule has 0 aromatic carbocycles. The maximum atomic E-state index is 10.1. The molecule has 0 bridgehead atoms. The fourth-order valence-corrected chi connectivity index (χ4v) is 2.10. The summed E-state index contributed by atoms with van der Waals surface area (Å²) in [7, 11) is 0. The van der Waals surface area contributed by atoms with Gasteiger partial charge in [-0.3, -0.25) is 0 Å². The third kappa shape index (κ3) is 2.43. The van der Waals surface area contributed by atoms with Gasteiger partial charge in [-0.2, -0.15) is 11.8 Å². The maximum absolute atomic E-state index is 10.1. The molecule has 0 aliphatic carbocycles. The van der Waals surface area contributed by atoms with E-state index in [1.54, 1.807) is 6.08 Å². The van der Waals surface area contributed by atoms with Gasteiger partial charge in [0.1, 0.15) is 0 Å². The molecule has 1 N–H and O–H groups in total. The van der Waals surface area contributed by atoms with E-state index in [4.69, 9.17) is 5.11 Å². The number of hydrogen-bond donors (Lipinski definition) is 1. The first-order chi connectivity index (χ1) is 4.79. The van der Waals surface area contributed by atoms with Crippen LogP contribution in [0.4, 0.5) is 0 Å². The zero-order chi connectivity index (χ0) is 7.40. The van der Waals surface area contributed by atoms with E-state index in [1.807, 2.05) is 11.8 Å². The van der Waals surface area contributed by atoms with Gasteiger partial charge in [-0.05, 0) is 18.6 Å². The first kappa shape index (κ1) is 7.66. The highest BCUT2D eigenvalue weighted by Gasteiger charge is 2.11. The van der Waals surface area contributed by atoms with Crippen LogP contribution in [-0.4, -0.2) is 22.1 Å². The van der Waals surface area contributed by atoms with E-state index in [0.29, 0.717) is 5.25 Å². The molecule has 1 rings (SSSR count). The quantitative estimate of drug-likeness (QED) is 0.619. The first-order valence-electron chi connectivity index (χ1n) is 3.32. The summed E-state index contributed by atoms with van der Waals surface area (Å²) in [5.74, 6) is 0.335. The smallest absolute Gasteiger partial charge is 0.328 e. The lowest BCUT2D eigenvalue weighted by Gasteiger charge is -1.96. The average molecular weight is 158 g/mol. The van der Waals surface area contributed by atoms with Gasteiger partial charge in [0, 0.05) is 11.3 Å². The van der Waals surface area contributed by atoms with Crippen molar-refractivity contribution in [3.05, 3.63) is 12.2 Å². The molecule has 0 amide bonds. The largest absolute Gasteiger partial charge is 0.478 e. The molecule has 1 aliphatic rings. The Morgan fingerprint density at radius 3 is 3.00 bits per heavy atom. The van der Waals surface area contributed by atoms with Crippen molar-refractivity contribution in [3.8, 4) is 0 Å². The minimum Gasteiger partial charge on any atom is -0.478 e. The topological polar surface area (TPSA) is 37.3 Å². The number of carboxylic acid groups (broad SMARTS) is 1. The molecule has 1 atom stereocenters. The van der Waals surface area contributed by atoms with Crippen LogP contribution >= 0.6 is 11.8 Å². The van der Waals surface area contributed by atoms with E-state index >= 15 is 0 Å². The Kier molecular flexibility index (Phi) is 2.81. The summed E-state index contributed by atoms with van der Waals surface area (Å²) >= 11 is 1.83. The third-order valence-electron chi connectivity index (χ3n) is 1.42. The average Bonchev–Trinajstić information content (AvgIpc) is 2.34. The van der Waals surface area contributed by atoms with Crippen molar-refractivity contribution < 1.29 is 9.90 Å². The molecule has 0 saturated carbocycles. The van der Waals surface area contributed by atoms with E-state index in [9.17, 15) is 4.79 Å². The predicted octanol–water partition coefficient (Wildman–Crippen LogP) is 1.52. The molecular formula is C7H10O2S. The molecule has 1 aliphatic heterocycles. The van der Waals surface area contributed by atoms with Crippen molar-refractivity contribution in [2.75, 3.05) is 5.75 Å². The zero-order valence-corrected chi connectivity index (χ0v) is 6.43. The highest BCUT2D eigenvalue weighted by Crippen LogP contribution is 2.26. The highest BCUT2D eigenvalue weighted by molar-refractivity contribution is 8.00. The van der Waals surface area contributed by atoms with Crippen molar-refractivity contribution in [2.24, 2.45) is 0 Å². The lowest BCUT2D eigenvalue weighted by molar-refractivity contribution is -0.131. The number of carbonyl (C=O) groups is 1. The molecule has 1 saturated heterocycles. The van der Waals surface area contributed by atoms with Gasteiger partial charge in [-0.25, -0.2) is 4.79 Å². The Balaban J connectivity index is 2.29. The molecule has 0 aromatic heterocycles. The van der Waals surface area contributed by atoms with Gasteiger partial charge in [0.05, 0.1) is 0 Å². The zero-order valence-electron chi connectivity index (χ0n) is 5.62. The SMILES string of the molecule is O=C(O)C=CC1CCCS1. The summed E-state index contributed by atoms with van der Waals surface area (Å²) < 4.78 is 0. The summed E-state index contributed by atoms with van der Waals surface area (Å²) in [5.41, 5.74) is 0. The van der Waals surface area contributed by atoms with Gasteiger partial charge >= 0.3 is 5.97 Å². The molecule has 0 radical (unpaired) electrons. The predicted molar refractivity (Wildman–Crippen MR) is 42.3 cm³/mol. The van der Waals surface area contributed by atoms with Gasteiger partial charge in [0.15, 0.2) is 0 Å². The summed E-state index contributed by atoms with van der Waals surface area (Å²) in [6.45, 7) is 0. The van der Waals surface area contributed by atoms with Crippen LogP contribution < -0.4 is 0 Å². The molecule has 1 heterocycles. The van der Waals surface area contributed by atoms with Crippen LogP contribution in [0.15, 0.2) is 12.2 Å². The number of thioether (sulfide) groups is 1. The molecule has 2 nitrogen and oxygen atoms in total. The van der Waals surface area contributed by atoms with Gasteiger partial charge in [-0.15, -0.1) is 0 Å². The summed E-state index contributed by atoms with van der Waals surface area (Å²) in [6, 6.07) is 0. The summed E-state index contributed by atoms with van der Waals surface area (Å²) in [5, 5.41) is 8.73. The fourth-order valence-electron chi connectivity index (χ4n) is 0.944. The standard InChI is InChI=1S/C7H10O2S/c8-7(9)4-3-6-2-1-5-10-6/h3-4,6H,1-2,5H2,(H,8,9). The van der Waals surface area contributed by atoms with E-state index in [0.717, 1.165) is 6.42 Å². The van der Waals surface area contributed by atoms with Crippen LogP contribution in [0.3, 0.4) is 0 Å². The van der Waals surface area contributed by atoms with Gasteiger partial charge in [0.25, 0.3) is 0 Å². The van der Waals surface area contributed by atoms with E-state index < -0.39 is 5.97 Å². The van der Waals surface area contributed by atoms with Crippen LogP contribution in [0.25, 0.3) is 0 Å². The molecule has 10 heavy (non-hydrogen) atoms. The van der Waals surface area contributed by atoms with Crippen LogP contribution in [0, 0.1) is 0 Å². The van der Waals surface area contributed by atoms with Crippen LogP contribution in [0.1, 0.15) is 12.8 Å². The van der Waals surface area contributed by atoms with Gasteiger partial charge in [0.2, 0.25) is 0 Å². The lowest BCUT2D eigenvalue weighted by Crippen LogP contribution is -1.93. The number of carboxylic acids is 1. The Bertz CT molecular complexity index is 148. The van der Waals surface area contributed by atoms with Crippen LogP contribution in [-0.2, 0) is 4.79 Å². The normalized spacial score (nSPS) is 25.8. The van der Waals surface area contributed by atoms with Crippen molar-refractivity contribution in [2.45, 2.75) is 18.1 Å². The molecular weight excluding hydrogens is 148 g/mol. The minimum absolute atomic E-state index is 0.455. The minimum atomic E-state index is -0.840. The van der Waals surface area contributed by atoms with Crippen molar-refractivity contribution in [3.63, 3.8) is 0 Å². The van der Waals surface area contributed by atoms with E-state index in [1.165, 1.54) is 18.2 Å². The Morgan fingerprint density at radius 2 is 2.50 bits per heavy atom. The summed E-state index contributed by atoms with van der Waals surface area (Å²) in [4.78, 5) is 10.1. The second-order valence-corrected chi connectivity index (χ2v) is 3.60. The molecule has 1 unspecified atom stereocenters.